The van der Waals surface area contributed by atoms with Crippen LogP contribution in [0.15, 0.2) is 42.9 Å². The van der Waals surface area contributed by atoms with Gasteiger partial charge in [0.15, 0.2) is 5.82 Å². The summed E-state index contributed by atoms with van der Waals surface area (Å²) in [7, 11) is 0. The molecule has 0 aliphatic carbocycles. The average molecular weight is 326 g/mol. The lowest BCUT2D eigenvalue weighted by atomic mass is 10.2. The minimum absolute atomic E-state index is 0.488. The Bertz CT molecular complexity index is 803. The second kappa shape index (κ2) is 6.71. The molecule has 0 aliphatic rings. The van der Waals surface area contributed by atoms with Crippen LogP contribution < -0.4 is 5.32 Å². The topological polar surface area (TPSA) is 63.6 Å². The molecule has 0 amide bonds. The first-order chi connectivity index (χ1) is 11.1. The number of nitrogens with one attached hydrogen (secondary N) is 1. The zero-order chi connectivity index (χ0) is 16.2. The van der Waals surface area contributed by atoms with Crippen LogP contribution in [-0.2, 0) is 6.54 Å². The van der Waals surface area contributed by atoms with Crippen molar-refractivity contribution in [2.75, 3.05) is 5.32 Å². The van der Waals surface area contributed by atoms with Crippen molar-refractivity contribution in [3.8, 4) is 11.4 Å². The van der Waals surface area contributed by atoms with Gasteiger partial charge in [-0.1, -0.05) is 17.7 Å². The molecule has 0 saturated heterocycles. The molecular formula is C17H16ClN5. The van der Waals surface area contributed by atoms with E-state index in [1.807, 2.05) is 32.0 Å². The Morgan fingerprint density at radius 3 is 2.65 bits per heavy atom. The molecule has 0 fully saturated rings. The van der Waals surface area contributed by atoms with Gasteiger partial charge in [0.1, 0.15) is 11.0 Å². The highest BCUT2D eigenvalue weighted by Crippen LogP contribution is 2.21. The lowest BCUT2D eigenvalue weighted by molar-refractivity contribution is 1.02. The molecule has 6 heteroatoms. The molecule has 0 bridgehead atoms. The Balaban J connectivity index is 1.86. The molecule has 3 aromatic rings. The summed E-state index contributed by atoms with van der Waals surface area (Å²) in [5.74, 6) is 1.48. The van der Waals surface area contributed by atoms with Gasteiger partial charge in [0.05, 0.1) is 0 Å². The van der Waals surface area contributed by atoms with E-state index in [0.29, 0.717) is 17.5 Å². The molecule has 0 radical (unpaired) electrons. The smallest absolute Gasteiger partial charge is 0.163 e. The largest absolute Gasteiger partial charge is 0.366 e. The second-order valence-corrected chi connectivity index (χ2v) is 5.58. The van der Waals surface area contributed by atoms with Gasteiger partial charge in [-0.15, -0.1) is 0 Å². The van der Waals surface area contributed by atoms with Crippen LogP contribution in [0.4, 0.5) is 5.82 Å². The molecule has 1 N–H and O–H groups in total. The first-order valence-electron chi connectivity index (χ1n) is 7.23. The highest BCUT2D eigenvalue weighted by molar-refractivity contribution is 6.29. The number of nitrogens with zero attached hydrogens (tertiary/aromatic N) is 4. The van der Waals surface area contributed by atoms with Crippen molar-refractivity contribution >= 4 is 17.4 Å². The van der Waals surface area contributed by atoms with Crippen molar-refractivity contribution in [1.29, 1.82) is 0 Å². The third-order valence-corrected chi connectivity index (χ3v) is 3.78. The molecule has 0 aromatic carbocycles. The third kappa shape index (κ3) is 3.63. The van der Waals surface area contributed by atoms with Crippen LogP contribution in [0, 0.1) is 13.8 Å². The Morgan fingerprint density at radius 1 is 1.09 bits per heavy atom. The summed E-state index contributed by atoms with van der Waals surface area (Å²) in [6.07, 6.45) is 5.25. The Hall–Kier alpha value is -2.53. The van der Waals surface area contributed by atoms with Crippen LogP contribution in [0.25, 0.3) is 11.4 Å². The highest BCUT2D eigenvalue weighted by atomic mass is 35.5. The molecule has 116 valence electrons. The number of hydrogen-bond acceptors (Lipinski definition) is 5. The maximum absolute atomic E-state index is 5.81. The zero-order valence-corrected chi connectivity index (χ0v) is 13.7. The molecule has 3 heterocycles. The van der Waals surface area contributed by atoms with Crippen LogP contribution >= 0.6 is 11.6 Å². The van der Waals surface area contributed by atoms with E-state index in [9.17, 15) is 0 Å². The average Bonchev–Trinajstić information content (AvgIpc) is 2.58. The lowest BCUT2D eigenvalue weighted by Gasteiger charge is -2.12. The maximum atomic E-state index is 5.81. The number of hydrogen-bond donors (Lipinski definition) is 1. The summed E-state index contributed by atoms with van der Waals surface area (Å²) in [6.45, 7) is 4.60. The quantitative estimate of drug-likeness (QED) is 0.739. The van der Waals surface area contributed by atoms with E-state index < -0.39 is 0 Å². The Labute approximate surface area is 139 Å². The van der Waals surface area contributed by atoms with Crippen LogP contribution in [0.5, 0.6) is 0 Å². The van der Waals surface area contributed by atoms with Gasteiger partial charge < -0.3 is 5.32 Å². The molecular weight excluding hydrogens is 310 g/mol. The Morgan fingerprint density at radius 2 is 1.96 bits per heavy atom. The van der Waals surface area contributed by atoms with Gasteiger partial charge >= 0.3 is 0 Å². The van der Waals surface area contributed by atoms with Crippen LogP contribution in [-0.4, -0.2) is 19.9 Å². The van der Waals surface area contributed by atoms with Crippen molar-refractivity contribution in [2.24, 2.45) is 0 Å². The van der Waals surface area contributed by atoms with Gasteiger partial charge in [-0.3, -0.25) is 4.98 Å². The van der Waals surface area contributed by atoms with Gasteiger partial charge in [-0.05, 0) is 37.6 Å². The van der Waals surface area contributed by atoms with E-state index in [-0.39, 0.29) is 0 Å². The molecule has 0 saturated carbocycles. The summed E-state index contributed by atoms with van der Waals surface area (Å²) < 4.78 is 0. The second-order valence-electron chi connectivity index (χ2n) is 5.19. The number of pyridine rings is 2. The van der Waals surface area contributed by atoms with Crippen molar-refractivity contribution in [2.45, 2.75) is 20.4 Å². The lowest BCUT2D eigenvalue weighted by Crippen LogP contribution is -2.07. The maximum Gasteiger partial charge on any atom is 0.163 e. The number of aryl methyl sites for hydroxylation is 1. The summed E-state index contributed by atoms with van der Waals surface area (Å²) >= 11 is 5.81. The van der Waals surface area contributed by atoms with Crippen LogP contribution in [0.2, 0.25) is 5.15 Å². The van der Waals surface area contributed by atoms with Crippen LogP contribution in [0.1, 0.15) is 16.8 Å². The molecule has 0 unspecified atom stereocenters. The van der Waals surface area contributed by atoms with E-state index in [4.69, 9.17) is 11.6 Å². The molecule has 3 aromatic heterocycles. The highest BCUT2D eigenvalue weighted by Gasteiger charge is 2.09. The summed E-state index contributed by atoms with van der Waals surface area (Å²) in [5.41, 5.74) is 3.90. The van der Waals surface area contributed by atoms with E-state index in [1.165, 1.54) is 0 Å². The normalized spacial score (nSPS) is 10.6. The van der Waals surface area contributed by atoms with Gasteiger partial charge in [-0.25, -0.2) is 15.0 Å². The summed E-state index contributed by atoms with van der Waals surface area (Å²) in [6, 6.07) is 7.54. The van der Waals surface area contributed by atoms with Crippen molar-refractivity contribution in [3.05, 3.63) is 64.8 Å². The number of anilines is 1. The van der Waals surface area contributed by atoms with Gasteiger partial charge in [0.2, 0.25) is 0 Å². The summed E-state index contributed by atoms with van der Waals surface area (Å²) in [4.78, 5) is 17.4. The summed E-state index contributed by atoms with van der Waals surface area (Å²) in [5, 5.41) is 3.83. The predicted octanol–water partition coefficient (Wildman–Crippen LogP) is 3.82. The third-order valence-electron chi connectivity index (χ3n) is 3.56. The number of rotatable bonds is 4. The number of halogens is 1. The molecule has 5 nitrogen and oxygen atoms in total. The molecule has 0 atom stereocenters. The fourth-order valence-electron chi connectivity index (χ4n) is 2.12. The fraction of sp³-hybridized carbons (Fsp3) is 0.176. The fourth-order valence-corrected chi connectivity index (χ4v) is 2.23. The monoisotopic (exact) mass is 325 g/mol. The van der Waals surface area contributed by atoms with Crippen molar-refractivity contribution in [1.82, 2.24) is 19.9 Å². The Kier molecular flexibility index (Phi) is 4.48. The predicted molar refractivity (Wildman–Crippen MR) is 91.3 cm³/mol. The van der Waals surface area contributed by atoms with E-state index in [1.54, 1.807) is 24.7 Å². The molecule has 23 heavy (non-hydrogen) atoms. The molecule has 0 aliphatic heterocycles. The van der Waals surface area contributed by atoms with Crippen molar-refractivity contribution < 1.29 is 0 Å². The van der Waals surface area contributed by atoms with Crippen molar-refractivity contribution in [3.63, 3.8) is 0 Å². The van der Waals surface area contributed by atoms with Gasteiger partial charge in [0, 0.05) is 42.0 Å². The minimum Gasteiger partial charge on any atom is -0.366 e. The minimum atomic E-state index is 0.488. The SMILES string of the molecule is Cc1nc(-c2cccnc2)nc(NCc2ccc(Cl)nc2)c1C. The standard InChI is InChI=1S/C17H16ClN5/c1-11-12(2)22-17(14-4-3-7-19-10-14)23-16(11)21-9-13-5-6-15(18)20-8-13/h3-8,10H,9H2,1-2H3,(H,21,22,23). The van der Waals surface area contributed by atoms with Gasteiger partial charge in [-0.2, -0.15) is 0 Å². The van der Waals surface area contributed by atoms with E-state index >= 15 is 0 Å². The zero-order valence-electron chi connectivity index (χ0n) is 12.9. The first kappa shape index (κ1) is 15.4. The van der Waals surface area contributed by atoms with Gasteiger partial charge in [0.25, 0.3) is 0 Å². The number of aromatic nitrogens is 4. The van der Waals surface area contributed by atoms with Crippen LogP contribution in [0.3, 0.4) is 0 Å². The molecule has 3 rings (SSSR count). The van der Waals surface area contributed by atoms with E-state index in [0.717, 1.165) is 28.2 Å². The molecule has 0 spiro atoms. The van der Waals surface area contributed by atoms with E-state index in [2.05, 4.69) is 25.3 Å². The first-order valence-corrected chi connectivity index (χ1v) is 7.61.